The van der Waals surface area contributed by atoms with Gasteiger partial charge < -0.3 is 24.6 Å². The first-order valence-corrected chi connectivity index (χ1v) is 11.5. The minimum absolute atomic E-state index is 0.0823. The van der Waals surface area contributed by atoms with Gasteiger partial charge in [0.25, 0.3) is 5.91 Å². The Balaban J connectivity index is 1.76. The van der Waals surface area contributed by atoms with Crippen LogP contribution in [0.4, 0.5) is 4.39 Å². The Morgan fingerprint density at radius 1 is 1.11 bits per heavy atom. The summed E-state index contributed by atoms with van der Waals surface area (Å²) in [5, 5.41) is 12.5. The molecule has 1 amide bonds. The van der Waals surface area contributed by atoms with E-state index in [9.17, 15) is 19.1 Å². The molecule has 2 aromatic carbocycles. The van der Waals surface area contributed by atoms with Crippen LogP contribution in [0.1, 0.15) is 41.4 Å². The molecule has 2 atom stereocenters. The number of halogens is 1. The van der Waals surface area contributed by atoms with Crippen LogP contribution < -0.4 is 14.8 Å². The number of pyridine rings is 1. The van der Waals surface area contributed by atoms with E-state index in [0.29, 0.717) is 17.9 Å². The molecule has 0 aliphatic carbocycles. The summed E-state index contributed by atoms with van der Waals surface area (Å²) in [5.41, 5.74) is 1.36. The lowest BCUT2D eigenvalue weighted by Gasteiger charge is -2.26. The molecule has 36 heavy (non-hydrogen) atoms. The first-order valence-electron chi connectivity index (χ1n) is 11.5. The molecule has 0 aliphatic heterocycles. The number of nitrogens with one attached hydrogen (secondary N) is 1. The van der Waals surface area contributed by atoms with Crippen LogP contribution in [-0.2, 0) is 16.0 Å². The Morgan fingerprint density at radius 2 is 1.86 bits per heavy atom. The largest absolute Gasteiger partial charge is 0.503 e. The standard InChI is InChI=1S/C27H29FN2O6/c1-4-35-23-15-20(28)11-10-19(23)14-22(17(2)18-8-6-5-7-9-18)36-24(31)16-30-27(33)25-26(32)21(34-3)12-13-29-25/h5-13,15,17,22,32H,4,14,16H2,1-3H3,(H,30,33). The van der Waals surface area contributed by atoms with Gasteiger partial charge in [0.1, 0.15) is 24.2 Å². The highest BCUT2D eigenvalue weighted by atomic mass is 19.1. The molecule has 2 unspecified atom stereocenters. The maximum atomic E-state index is 13.8. The molecule has 9 heteroatoms. The lowest BCUT2D eigenvalue weighted by molar-refractivity contribution is -0.148. The number of carbonyl (C=O) groups excluding carboxylic acids is 2. The topological polar surface area (TPSA) is 107 Å². The Hall–Kier alpha value is -4.14. The molecule has 2 N–H and O–H groups in total. The van der Waals surface area contributed by atoms with Crippen molar-refractivity contribution in [2.45, 2.75) is 32.3 Å². The van der Waals surface area contributed by atoms with E-state index in [-0.39, 0.29) is 23.8 Å². The molecule has 0 radical (unpaired) electrons. The van der Waals surface area contributed by atoms with Gasteiger partial charge in [-0.2, -0.15) is 0 Å². The Morgan fingerprint density at radius 3 is 2.56 bits per heavy atom. The van der Waals surface area contributed by atoms with Crippen LogP contribution >= 0.6 is 0 Å². The van der Waals surface area contributed by atoms with Crippen molar-refractivity contribution in [3.05, 3.63) is 83.4 Å². The number of benzene rings is 2. The quantitative estimate of drug-likeness (QED) is 0.386. The zero-order valence-corrected chi connectivity index (χ0v) is 20.4. The third-order valence-corrected chi connectivity index (χ3v) is 5.63. The Labute approximate surface area is 209 Å². The van der Waals surface area contributed by atoms with Crippen LogP contribution in [0.5, 0.6) is 17.2 Å². The summed E-state index contributed by atoms with van der Waals surface area (Å²) >= 11 is 0. The fourth-order valence-electron chi connectivity index (χ4n) is 3.71. The number of methoxy groups -OCH3 is 1. The molecular weight excluding hydrogens is 467 g/mol. The monoisotopic (exact) mass is 496 g/mol. The minimum atomic E-state index is -0.756. The first-order chi connectivity index (χ1) is 17.3. The summed E-state index contributed by atoms with van der Waals surface area (Å²) in [5.74, 6) is -2.04. The van der Waals surface area contributed by atoms with Gasteiger partial charge in [-0.1, -0.05) is 43.3 Å². The number of hydrogen-bond donors (Lipinski definition) is 2. The van der Waals surface area contributed by atoms with Gasteiger partial charge in [0.15, 0.2) is 17.2 Å². The van der Waals surface area contributed by atoms with Crippen molar-refractivity contribution in [1.29, 1.82) is 0 Å². The molecule has 1 heterocycles. The number of esters is 1. The van der Waals surface area contributed by atoms with Gasteiger partial charge in [-0.3, -0.25) is 9.59 Å². The summed E-state index contributed by atoms with van der Waals surface area (Å²) in [4.78, 5) is 29.1. The van der Waals surface area contributed by atoms with Gasteiger partial charge >= 0.3 is 5.97 Å². The zero-order chi connectivity index (χ0) is 26.1. The van der Waals surface area contributed by atoms with Crippen molar-refractivity contribution in [3.8, 4) is 17.2 Å². The van der Waals surface area contributed by atoms with E-state index in [1.807, 2.05) is 37.3 Å². The van der Waals surface area contributed by atoms with Gasteiger partial charge in [-0.15, -0.1) is 0 Å². The van der Waals surface area contributed by atoms with E-state index in [1.165, 1.54) is 31.5 Å². The summed E-state index contributed by atoms with van der Waals surface area (Å²) in [6, 6.07) is 15.2. The molecule has 0 fully saturated rings. The average molecular weight is 497 g/mol. The number of aromatic nitrogens is 1. The van der Waals surface area contributed by atoms with E-state index in [1.54, 1.807) is 13.0 Å². The highest BCUT2D eigenvalue weighted by Gasteiger charge is 2.26. The lowest BCUT2D eigenvalue weighted by Crippen LogP contribution is -2.35. The van der Waals surface area contributed by atoms with Gasteiger partial charge in [-0.05, 0) is 24.1 Å². The van der Waals surface area contributed by atoms with Crippen molar-refractivity contribution in [2.24, 2.45) is 0 Å². The molecule has 0 bridgehead atoms. The van der Waals surface area contributed by atoms with E-state index < -0.39 is 36.1 Å². The summed E-state index contributed by atoms with van der Waals surface area (Å²) in [6.07, 6.45) is 0.941. The third-order valence-electron chi connectivity index (χ3n) is 5.63. The third kappa shape index (κ3) is 6.71. The molecule has 0 saturated carbocycles. The van der Waals surface area contributed by atoms with Crippen molar-refractivity contribution in [1.82, 2.24) is 10.3 Å². The van der Waals surface area contributed by atoms with E-state index in [4.69, 9.17) is 14.2 Å². The SMILES string of the molecule is CCOc1cc(F)ccc1CC(OC(=O)CNC(=O)c1nccc(OC)c1O)C(C)c1ccccc1. The maximum absolute atomic E-state index is 13.8. The molecule has 190 valence electrons. The molecule has 0 spiro atoms. The molecule has 3 aromatic rings. The molecule has 0 aliphatic rings. The molecule has 8 nitrogen and oxygen atoms in total. The number of aromatic hydroxyl groups is 1. The number of ether oxygens (including phenoxy) is 3. The lowest BCUT2D eigenvalue weighted by atomic mass is 9.90. The Kier molecular flexibility index (Phi) is 9.21. The smallest absolute Gasteiger partial charge is 0.325 e. The highest BCUT2D eigenvalue weighted by molar-refractivity contribution is 5.97. The number of amides is 1. The van der Waals surface area contributed by atoms with Crippen molar-refractivity contribution in [3.63, 3.8) is 0 Å². The molecule has 0 saturated heterocycles. The predicted octanol–water partition coefficient (Wildman–Crippen LogP) is 4.02. The normalized spacial score (nSPS) is 12.3. The molecule has 3 rings (SSSR count). The number of nitrogens with zero attached hydrogens (tertiary/aromatic N) is 1. The summed E-state index contributed by atoms with van der Waals surface area (Å²) in [7, 11) is 1.35. The minimum Gasteiger partial charge on any atom is -0.503 e. The summed E-state index contributed by atoms with van der Waals surface area (Å²) in [6.45, 7) is 3.63. The van der Waals surface area contributed by atoms with Crippen LogP contribution in [0.2, 0.25) is 0 Å². The van der Waals surface area contributed by atoms with Crippen molar-refractivity contribution in [2.75, 3.05) is 20.3 Å². The van der Waals surface area contributed by atoms with Crippen LogP contribution in [0, 0.1) is 5.82 Å². The molecule has 1 aromatic heterocycles. The highest BCUT2D eigenvalue weighted by Crippen LogP contribution is 2.29. The zero-order valence-electron chi connectivity index (χ0n) is 20.4. The van der Waals surface area contributed by atoms with E-state index in [0.717, 1.165) is 5.56 Å². The fraction of sp³-hybridized carbons (Fsp3) is 0.296. The summed E-state index contributed by atoms with van der Waals surface area (Å²) < 4.78 is 30.1. The second-order valence-electron chi connectivity index (χ2n) is 8.01. The van der Waals surface area contributed by atoms with Crippen LogP contribution in [0.3, 0.4) is 0 Å². The Bertz CT molecular complexity index is 1190. The molecular formula is C27H29FN2O6. The van der Waals surface area contributed by atoms with Crippen LogP contribution in [0.15, 0.2) is 60.8 Å². The van der Waals surface area contributed by atoms with Crippen molar-refractivity contribution >= 4 is 11.9 Å². The number of rotatable bonds is 11. The van der Waals surface area contributed by atoms with E-state index in [2.05, 4.69) is 10.3 Å². The van der Waals surface area contributed by atoms with E-state index >= 15 is 0 Å². The van der Waals surface area contributed by atoms with Crippen LogP contribution in [-0.4, -0.2) is 48.3 Å². The first kappa shape index (κ1) is 26.5. The van der Waals surface area contributed by atoms with Gasteiger partial charge in [0.05, 0.1) is 13.7 Å². The maximum Gasteiger partial charge on any atom is 0.325 e. The second-order valence-corrected chi connectivity index (χ2v) is 8.01. The van der Waals surface area contributed by atoms with Gasteiger partial charge in [-0.25, -0.2) is 9.37 Å². The number of hydrogen-bond acceptors (Lipinski definition) is 7. The predicted molar refractivity (Wildman–Crippen MR) is 131 cm³/mol. The number of carbonyl (C=O) groups is 2. The van der Waals surface area contributed by atoms with Gasteiger partial charge in [0.2, 0.25) is 0 Å². The fourth-order valence-corrected chi connectivity index (χ4v) is 3.71. The van der Waals surface area contributed by atoms with Crippen molar-refractivity contribution < 1.29 is 33.3 Å². The average Bonchev–Trinajstić information content (AvgIpc) is 2.88. The second kappa shape index (κ2) is 12.5. The van der Waals surface area contributed by atoms with Crippen LogP contribution in [0.25, 0.3) is 0 Å². The van der Waals surface area contributed by atoms with Gasteiger partial charge in [0, 0.05) is 30.7 Å².